The first-order chi connectivity index (χ1) is 12.0. The molecule has 0 radical (unpaired) electrons. The molecule has 0 aliphatic heterocycles. The van der Waals surface area contributed by atoms with Crippen LogP contribution in [0.25, 0.3) is 11.3 Å². The molecule has 0 fully saturated rings. The van der Waals surface area contributed by atoms with Crippen LogP contribution in [-0.4, -0.2) is 19.7 Å². The van der Waals surface area contributed by atoms with E-state index in [0.717, 1.165) is 34.5 Å². The summed E-state index contributed by atoms with van der Waals surface area (Å²) in [5, 5.41) is 5.44. The van der Waals surface area contributed by atoms with Gasteiger partial charge in [0.2, 0.25) is 0 Å². The lowest BCUT2D eigenvalue weighted by Gasteiger charge is -2.22. The predicted octanol–water partition coefficient (Wildman–Crippen LogP) is 4.41. The zero-order chi connectivity index (χ0) is 18.0. The number of hydrogen-bond acceptors (Lipinski definition) is 4. The van der Waals surface area contributed by atoms with Crippen LogP contribution < -0.4 is 5.73 Å². The summed E-state index contributed by atoms with van der Waals surface area (Å²) in [5.41, 5.74) is 10.7. The third kappa shape index (κ3) is 3.54. The van der Waals surface area contributed by atoms with Gasteiger partial charge in [-0.25, -0.2) is 9.67 Å². The van der Waals surface area contributed by atoms with Crippen molar-refractivity contribution in [2.75, 3.05) is 0 Å². The van der Waals surface area contributed by atoms with Crippen LogP contribution in [0.5, 0.6) is 0 Å². The summed E-state index contributed by atoms with van der Waals surface area (Å²) in [5.74, 6) is 0. The van der Waals surface area contributed by atoms with Gasteiger partial charge in [-0.3, -0.25) is 4.98 Å². The first-order valence-electron chi connectivity index (χ1n) is 8.05. The molecule has 2 heterocycles. The highest BCUT2D eigenvalue weighted by atomic mass is 35.5. The fourth-order valence-electron chi connectivity index (χ4n) is 3.07. The molecule has 0 bridgehead atoms. The molecule has 0 saturated carbocycles. The van der Waals surface area contributed by atoms with Gasteiger partial charge in [-0.2, -0.15) is 5.10 Å². The zero-order valence-corrected chi connectivity index (χ0v) is 15.6. The Morgan fingerprint density at radius 2 is 2.04 bits per heavy atom. The van der Waals surface area contributed by atoms with Gasteiger partial charge in [0.05, 0.1) is 16.8 Å². The maximum Gasteiger partial charge on any atom is 0.137 e. The topological polar surface area (TPSA) is 69.6 Å². The van der Waals surface area contributed by atoms with Crippen molar-refractivity contribution in [2.45, 2.75) is 32.9 Å². The van der Waals surface area contributed by atoms with Crippen molar-refractivity contribution in [3.8, 4) is 11.3 Å². The molecule has 1 atom stereocenters. The minimum absolute atomic E-state index is 0.0348. The van der Waals surface area contributed by atoms with Gasteiger partial charge in [0.15, 0.2) is 0 Å². The van der Waals surface area contributed by atoms with Gasteiger partial charge in [0.25, 0.3) is 0 Å². The first-order valence-corrected chi connectivity index (χ1v) is 8.80. The Bertz CT molecular complexity index is 877. The molecule has 7 heteroatoms. The van der Waals surface area contributed by atoms with E-state index in [2.05, 4.69) is 23.1 Å². The van der Waals surface area contributed by atoms with Crippen molar-refractivity contribution in [2.24, 2.45) is 5.73 Å². The summed E-state index contributed by atoms with van der Waals surface area (Å²) in [6.07, 6.45) is 4.11. The summed E-state index contributed by atoms with van der Waals surface area (Å²) in [6, 6.07) is 7.50. The zero-order valence-electron chi connectivity index (χ0n) is 14.1. The SMILES string of the molecule is CCC(c1cc(C)nc(-c2ccc(Cl)cc2Cl)c1CN)n1cncn1. The van der Waals surface area contributed by atoms with Crippen LogP contribution >= 0.6 is 23.2 Å². The normalized spacial score (nSPS) is 12.4. The van der Waals surface area contributed by atoms with E-state index in [4.69, 9.17) is 33.9 Å². The van der Waals surface area contributed by atoms with Gasteiger partial charge in [-0.1, -0.05) is 30.1 Å². The smallest absolute Gasteiger partial charge is 0.137 e. The molecule has 2 N–H and O–H groups in total. The molecule has 130 valence electrons. The molecule has 2 aromatic heterocycles. The minimum Gasteiger partial charge on any atom is -0.326 e. The van der Waals surface area contributed by atoms with Crippen molar-refractivity contribution in [3.05, 3.63) is 63.8 Å². The van der Waals surface area contributed by atoms with Gasteiger partial charge in [0, 0.05) is 22.8 Å². The Labute approximate surface area is 156 Å². The third-order valence-electron chi connectivity index (χ3n) is 4.18. The quantitative estimate of drug-likeness (QED) is 0.716. The number of benzene rings is 1. The molecule has 3 aromatic rings. The van der Waals surface area contributed by atoms with Crippen LogP contribution in [0.15, 0.2) is 36.9 Å². The highest BCUT2D eigenvalue weighted by Crippen LogP contribution is 2.35. The van der Waals surface area contributed by atoms with E-state index >= 15 is 0 Å². The Balaban J connectivity index is 2.22. The van der Waals surface area contributed by atoms with E-state index in [1.807, 2.05) is 23.7 Å². The van der Waals surface area contributed by atoms with Crippen LogP contribution in [0.2, 0.25) is 10.0 Å². The van der Waals surface area contributed by atoms with E-state index in [-0.39, 0.29) is 6.04 Å². The Kier molecular flexibility index (Phi) is 5.37. The van der Waals surface area contributed by atoms with Gasteiger partial charge < -0.3 is 5.73 Å². The summed E-state index contributed by atoms with van der Waals surface area (Å²) in [4.78, 5) is 8.78. The predicted molar refractivity (Wildman–Crippen MR) is 101 cm³/mol. The van der Waals surface area contributed by atoms with Crippen LogP contribution in [0.1, 0.15) is 36.2 Å². The van der Waals surface area contributed by atoms with Crippen molar-refractivity contribution < 1.29 is 0 Å². The molecule has 25 heavy (non-hydrogen) atoms. The molecule has 0 amide bonds. The maximum absolute atomic E-state index is 6.42. The van der Waals surface area contributed by atoms with Crippen LogP contribution in [0, 0.1) is 6.92 Å². The summed E-state index contributed by atoms with van der Waals surface area (Å²) in [6.45, 7) is 4.42. The monoisotopic (exact) mass is 375 g/mol. The number of aryl methyl sites for hydroxylation is 1. The van der Waals surface area contributed by atoms with Gasteiger partial charge in [-0.15, -0.1) is 0 Å². The van der Waals surface area contributed by atoms with E-state index < -0.39 is 0 Å². The largest absolute Gasteiger partial charge is 0.326 e. The molecule has 0 saturated heterocycles. The fraction of sp³-hybridized carbons (Fsp3) is 0.278. The summed E-state index contributed by atoms with van der Waals surface area (Å²) < 4.78 is 1.85. The first kappa shape index (κ1) is 17.9. The lowest BCUT2D eigenvalue weighted by molar-refractivity contribution is 0.503. The standard InChI is InChI=1S/C18H19Cl2N5/c1-3-17(25-10-22-9-23-25)14-6-11(2)24-18(15(14)8-21)13-5-4-12(19)7-16(13)20/h4-7,9-10,17H,3,8,21H2,1-2H3. The highest BCUT2D eigenvalue weighted by Gasteiger charge is 2.21. The highest BCUT2D eigenvalue weighted by molar-refractivity contribution is 6.36. The molecular formula is C18H19Cl2N5. The molecule has 0 aliphatic carbocycles. The molecule has 1 unspecified atom stereocenters. The molecule has 1 aromatic carbocycles. The summed E-state index contributed by atoms with van der Waals surface area (Å²) in [7, 11) is 0. The molecule has 5 nitrogen and oxygen atoms in total. The number of hydrogen-bond donors (Lipinski definition) is 1. The number of nitrogens with zero attached hydrogens (tertiary/aromatic N) is 4. The molecular weight excluding hydrogens is 357 g/mol. The number of nitrogens with two attached hydrogens (primary N) is 1. The van der Waals surface area contributed by atoms with Crippen molar-refractivity contribution in [1.82, 2.24) is 19.7 Å². The average Bonchev–Trinajstić information content (AvgIpc) is 3.09. The maximum atomic E-state index is 6.42. The number of rotatable bonds is 5. The van der Waals surface area contributed by atoms with Gasteiger partial charge >= 0.3 is 0 Å². The number of aromatic nitrogens is 4. The van der Waals surface area contributed by atoms with Crippen molar-refractivity contribution >= 4 is 23.2 Å². The summed E-state index contributed by atoms with van der Waals surface area (Å²) >= 11 is 12.5. The fourth-order valence-corrected chi connectivity index (χ4v) is 3.57. The van der Waals surface area contributed by atoms with E-state index in [0.29, 0.717) is 16.6 Å². The van der Waals surface area contributed by atoms with Crippen LogP contribution in [-0.2, 0) is 6.54 Å². The molecule has 0 aliphatic rings. The van der Waals surface area contributed by atoms with Crippen molar-refractivity contribution in [3.63, 3.8) is 0 Å². The minimum atomic E-state index is 0.0348. The second-order valence-electron chi connectivity index (χ2n) is 5.81. The van der Waals surface area contributed by atoms with Gasteiger partial charge in [-0.05, 0) is 48.7 Å². The Hall–Kier alpha value is -1.95. The lowest BCUT2D eigenvalue weighted by atomic mass is 9.94. The van der Waals surface area contributed by atoms with E-state index in [1.165, 1.54) is 6.33 Å². The Morgan fingerprint density at radius 1 is 1.24 bits per heavy atom. The number of pyridine rings is 1. The van der Waals surface area contributed by atoms with Crippen molar-refractivity contribution in [1.29, 1.82) is 0 Å². The average molecular weight is 376 g/mol. The van der Waals surface area contributed by atoms with Crippen LogP contribution in [0.3, 0.4) is 0 Å². The second-order valence-corrected chi connectivity index (χ2v) is 6.65. The van der Waals surface area contributed by atoms with Crippen LogP contribution in [0.4, 0.5) is 0 Å². The Morgan fingerprint density at radius 3 is 2.64 bits per heavy atom. The van der Waals surface area contributed by atoms with Gasteiger partial charge in [0.1, 0.15) is 12.7 Å². The molecule has 3 rings (SSSR count). The lowest BCUT2D eigenvalue weighted by Crippen LogP contribution is -2.16. The second kappa shape index (κ2) is 7.52. The third-order valence-corrected chi connectivity index (χ3v) is 4.73. The molecule has 0 spiro atoms. The number of halogens is 2. The van der Waals surface area contributed by atoms with E-state index in [1.54, 1.807) is 12.4 Å². The van der Waals surface area contributed by atoms with E-state index in [9.17, 15) is 0 Å².